The average molecular weight is 320 g/mol. The van der Waals surface area contributed by atoms with Gasteiger partial charge in [-0.25, -0.2) is 4.98 Å². The minimum absolute atomic E-state index is 0.489. The number of imidazole rings is 1. The molecule has 24 heavy (non-hydrogen) atoms. The third-order valence-electron chi connectivity index (χ3n) is 3.06. The molecule has 1 aromatic carbocycles. The molecule has 0 aliphatic carbocycles. The normalized spacial score (nSPS) is 10.7. The smallest absolute Gasteiger partial charge is 0.168 e. The fraction of sp³-hybridized carbons (Fsp3) is 0.0588. The van der Waals surface area contributed by atoms with Crippen molar-refractivity contribution in [1.82, 2.24) is 19.7 Å². The molecule has 2 aromatic heterocycles. The van der Waals surface area contributed by atoms with Crippen LogP contribution in [0.15, 0.2) is 72.9 Å². The first kappa shape index (κ1) is 15.4. The van der Waals surface area contributed by atoms with Crippen LogP contribution in [0.2, 0.25) is 0 Å². The highest BCUT2D eigenvalue weighted by molar-refractivity contribution is 5.80. The first-order valence-corrected chi connectivity index (χ1v) is 7.30. The van der Waals surface area contributed by atoms with Gasteiger partial charge in [-0.05, 0) is 42.0 Å². The maximum Gasteiger partial charge on any atom is 0.168 e. The van der Waals surface area contributed by atoms with Crippen molar-refractivity contribution in [2.24, 2.45) is 5.10 Å². The number of rotatable bonds is 7. The second kappa shape index (κ2) is 7.68. The summed E-state index contributed by atoms with van der Waals surface area (Å²) in [4.78, 5) is 3.97. The standard InChI is InChI=1S/C17H16N6O/c1-2-11-24-15-5-3-14(4-6-15)12-19-20-16-7-8-17(22-21-16)23-10-9-18-13-23/h2-10,12-13H,1,11H2,(H,20,21). The maximum atomic E-state index is 5.42. The third-order valence-corrected chi connectivity index (χ3v) is 3.06. The first-order chi connectivity index (χ1) is 11.8. The maximum absolute atomic E-state index is 5.42. The Morgan fingerprint density at radius 1 is 1.17 bits per heavy atom. The van der Waals surface area contributed by atoms with E-state index in [2.05, 4.69) is 32.3 Å². The van der Waals surface area contributed by atoms with E-state index in [0.29, 0.717) is 18.2 Å². The third kappa shape index (κ3) is 4.04. The van der Waals surface area contributed by atoms with Gasteiger partial charge in [0.25, 0.3) is 0 Å². The lowest BCUT2D eigenvalue weighted by Crippen LogP contribution is -2.00. The lowest BCUT2D eigenvalue weighted by molar-refractivity contribution is 0.363. The van der Waals surface area contributed by atoms with Crippen molar-refractivity contribution < 1.29 is 4.74 Å². The number of nitrogens with zero attached hydrogens (tertiary/aromatic N) is 5. The molecule has 0 radical (unpaired) electrons. The van der Waals surface area contributed by atoms with Crippen LogP contribution in [0.1, 0.15) is 5.56 Å². The summed E-state index contributed by atoms with van der Waals surface area (Å²) in [7, 11) is 0. The molecule has 7 nitrogen and oxygen atoms in total. The van der Waals surface area contributed by atoms with Crippen LogP contribution in [-0.2, 0) is 0 Å². The molecule has 7 heteroatoms. The summed E-state index contributed by atoms with van der Waals surface area (Å²) >= 11 is 0. The Kier molecular flexibility index (Phi) is 4.94. The lowest BCUT2D eigenvalue weighted by atomic mass is 10.2. The number of nitrogens with one attached hydrogen (secondary N) is 1. The molecule has 3 aromatic rings. The Hall–Kier alpha value is -3.48. The van der Waals surface area contributed by atoms with E-state index in [1.807, 2.05) is 30.3 Å². The second-order valence-corrected chi connectivity index (χ2v) is 4.79. The topological polar surface area (TPSA) is 77.2 Å². The number of hydrazone groups is 1. The van der Waals surface area contributed by atoms with Gasteiger partial charge in [-0.15, -0.1) is 10.2 Å². The van der Waals surface area contributed by atoms with Crippen molar-refractivity contribution in [1.29, 1.82) is 0 Å². The Morgan fingerprint density at radius 3 is 2.71 bits per heavy atom. The molecule has 0 bridgehead atoms. The molecule has 3 rings (SSSR count). The van der Waals surface area contributed by atoms with Crippen LogP contribution in [0.5, 0.6) is 5.75 Å². The fourth-order valence-corrected chi connectivity index (χ4v) is 1.90. The lowest BCUT2D eigenvalue weighted by Gasteiger charge is -2.03. The van der Waals surface area contributed by atoms with E-state index < -0.39 is 0 Å². The van der Waals surface area contributed by atoms with Gasteiger partial charge in [0, 0.05) is 12.4 Å². The van der Waals surface area contributed by atoms with Crippen molar-refractivity contribution in [3.63, 3.8) is 0 Å². The summed E-state index contributed by atoms with van der Waals surface area (Å²) in [5, 5.41) is 12.3. The van der Waals surface area contributed by atoms with Crippen LogP contribution in [0.4, 0.5) is 5.82 Å². The molecule has 0 amide bonds. The van der Waals surface area contributed by atoms with E-state index in [1.165, 1.54) is 0 Å². The van der Waals surface area contributed by atoms with E-state index in [9.17, 15) is 0 Å². The molecular formula is C17H16N6O. The predicted molar refractivity (Wildman–Crippen MR) is 92.5 cm³/mol. The molecule has 0 atom stereocenters. The summed E-state index contributed by atoms with van der Waals surface area (Å²) in [6.07, 6.45) is 8.56. The highest BCUT2D eigenvalue weighted by atomic mass is 16.5. The van der Waals surface area contributed by atoms with Gasteiger partial charge >= 0.3 is 0 Å². The number of ether oxygens (including phenoxy) is 1. The summed E-state index contributed by atoms with van der Waals surface area (Å²) in [5.74, 6) is 2.04. The van der Waals surface area contributed by atoms with Crippen LogP contribution in [0, 0.1) is 0 Å². The number of benzene rings is 1. The zero-order valence-corrected chi connectivity index (χ0v) is 12.9. The number of aromatic nitrogens is 4. The highest BCUT2D eigenvalue weighted by Gasteiger charge is 1.98. The molecule has 0 unspecified atom stereocenters. The Labute approximate surface area is 139 Å². The molecule has 1 N–H and O–H groups in total. The Morgan fingerprint density at radius 2 is 2.04 bits per heavy atom. The van der Waals surface area contributed by atoms with Crippen LogP contribution >= 0.6 is 0 Å². The van der Waals surface area contributed by atoms with Gasteiger partial charge in [-0.1, -0.05) is 12.7 Å². The molecule has 0 spiro atoms. The number of hydrogen-bond donors (Lipinski definition) is 1. The molecule has 2 heterocycles. The SMILES string of the molecule is C=CCOc1ccc(C=NNc2ccc(-n3ccnc3)nn2)cc1. The summed E-state index contributed by atoms with van der Waals surface area (Å²) in [6, 6.07) is 11.2. The Bertz CT molecular complexity index is 794. The quantitative estimate of drug-likeness (QED) is 0.411. The van der Waals surface area contributed by atoms with Crippen molar-refractivity contribution in [3.8, 4) is 11.6 Å². The number of hydrogen-bond acceptors (Lipinski definition) is 6. The van der Waals surface area contributed by atoms with Crippen molar-refractivity contribution in [2.45, 2.75) is 0 Å². The van der Waals surface area contributed by atoms with Gasteiger partial charge < -0.3 is 4.74 Å². The van der Waals surface area contributed by atoms with Gasteiger partial charge in [0.2, 0.25) is 0 Å². The largest absolute Gasteiger partial charge is 0.490 e. The van der Waals surface area contributed by atoms with Gasteiger partial charge in [-0.2, -0.15) is 5.10 Å². The van der Waals surface area contributed by atoms with E-state index in [-0.39, 0.29) is 0 Å². The zero-order chi connectivity index (χ0) is 16.6. The van der Waals surface area contributed by atoms with Gasteiger partial charge in [0.15, 0.2) is 11.6 Å². The second-order valence-electron chi connectivity index (χ2n) is 4.79. The summed E-state index contributed by atoms with van der Waals surface area (Å²) in [5.41, 5.74) is 3.78. The molecular weight excluding hydrogens is 304 g/mol. The summed E-state index contributed by atoms with van der Waals surface area (Å²) < 4.78 is 7.20. The molecule has 120 valence electrons. The first-order valence-electron chi connectivity index (χ1n) is 7.30. The minimum Gasteiger partial charge on any atom is -0.490 e. The monoisotopic (exact) mass is 320 g/mol. The zero-order valence-electron chi connectivity index (χ0n) is 12.9. The fourth-order valence-electron chi connectivity index (χ4n) is 1.90. The molecule has 0 saturated carbocycles. The predicted octanol–water partition coefficient (Wildman–Crippen LogP) is 2.67. The van der Waals surface area contributed by atoms with Crippen LogP contribution in [-0.4, -0.2) is 32.6 Å². The van der Waals surface area contributed by atoms with E-state index >= 15 is 0 Å². The number of anilines is 1. The van der Waals surface area contributed by atoms with Gasteiger partial charge in [0.1, 0.15) is 18.7 Å². The molecule has 0 aliphatic rings. The van der Waals surface area contributed by atoms with Crippen molar-refractivity contribution >= 4 is 12.0 Å². The van der Waals surface area contributed by atoms with Crippen LogP contribution < -0.4 is 10.2 Å². The highest BCUT2D eigenvalue weighted by Crippen LogP contribution is 2.11. The molecule has 0 saturated heterocycles. The van der Waals surface area contributed by atoms with E-state index in [4.69, 9.17) is 4.74 Å². The average Bonchev–Trinajstić information content (AvgIpc) is 3.16. The van der Waals surface area contributed by atoms with Crippen LogP contribution in [0.25, 0.3) is 5.82 Å². The van der Waals surface area contributed by atoms with Gasteiger partial charge in [0.05, 0.1) is 6.21 Å². The Balaban J connectivity index is 1.56. The summed E-state index contributed by atoms with van der Waals surface area (Å²) in [6.45, 7) is 4.10. The minimum atomic E-state index is 0.489. The molecule has 0 aliphatic heterocycles. The van der Waals surface area contributed by atoms with Crippen LogP contribution in [0.3, 0.4) is 0 Å². The van der Waals surface area contributed by atoms with Crippen molar-refractivity contribution in [2.75, 3.05) is 12.0 Å². The van der Waals surface area contributed by atoms with E-state index in [0.717, 1.165) is 11.3 Å². The molecule has 0 fully saturated rings. The van der Waals surface area contributed by atoms with Crippen molar-refractivity contribution in [3.05, 3.63) is 73.3 Å². The van der Waals surface area contributed by atoms with E-state index in [1.54, 1.807) is 41.6 Å². The van der Waals surface area contributed by atoms with Gasteiger partial charge in [-0.3, -0.25) is 9.99 Å².